The van der Waals surface area contributed by atoms with Gasteiger partial charge < -0.3 is 4.74 Å². The number of ether oxygens (including phenoxy) is 1. The van der Waals surface area contributed by atoms with Crippen LogP contribution < -0.4 is 0 Å². The molecule has 0 bridgehead atoms. The summed E-state index contributed by atoms with van der Waals surface area (Å²) in [5.74, 6) is -0.431. The smallest absolute Gasteiger partial charge is 0.434 e. The van der Waals surface area contributed by atoms with Gasteiger partial charge >= 0.3 is 6.09 Å². The molecule has 1 rings (SSSR count). The Kier molecular flexibility index (Phi) is 7.95. The molecule has 0 N–H and O–H groups in total. The number of nitrogens with zero attached hydrogens (tertiary/aromatic N) is 2. The normalized spacial score (nSPS) is 13.3. The Bertz CT molecular complexity index is 592. The summed E-state index contributed by atoms with van der Waals surface area (Å²) < 4.78 is 18.6. The van der Waals surface area contributed by atoms with E-state index in [1.54, 1.807) is 20.8 Å². The van der Waals surface area contributed by atoms with Crippen molar-refractivity contribution in [2.45, 2.75) is 51.9 Å². The Hall–Kier alpha value is -2.37. The maximum absolute atomic E-state index is 13.6. The third kappa shape index (κ3) is 9.61. The Morgan fingerprint density at radius 3 is 2.54 bits per heavy atom. The molecule has 1 amide bonds. The Morgan fingerprint density at radius 1 is 1.25 bits per heavy atom. The molecule has 5 nitrogen and oxygen atoms in total. The molecule has 24 heavy (non-hydrogen) atoms. The lowest BCUT2D eigenvalue weighted by Gasteiger charge is -2.16. The second kappa shape index (κ2) is 9.70. The minimum Gasteiger partial charge on any atom is -0.442 e. The summed E-state index contributed by atoms with van der Waals surface area (Å²) in [5, 5.41) is 0. The van der Waals surface area contributed by atoms with Gasteiger partial charge in [0.2, 0.25) is 0 Å². The number of rotatable bonds is 7. The van der Waals surface area contributed by atoms with E-state index in [2.05, 4.69) is 9.98 Å². The van der Waals surface area contributed by atoms with Crippen molar-refractivity contribution in [1.29, 1.82) is 0 Å². The lowest BCUT2D eigenvalue weighted by atomic mass is 10.2. The monoisotopic (exact) mass is 334 g/mol. The second-order valence-electron chi connectivity index (χ2n) is 6.23. The minimum atomic E-state index is -1.31. The van der Waals surface area contributed by atoms with Crippen LogP contribution in [0.15, 0.2) is 40.3 Å². The van der Waals surface area contributed by atoms with Crippen molar-refractivity contribution in [3.8, 4) is 0 Å². The van der Waals surface area contributed by atoms with E-state index in [-0.39, 0.29) is 12.8 Å². The van der Waals surface area contributed by atoms with Crippen molar-refractivity contribution in [1.82, 2.24) is 0 Å². The van der Waals surface area contributed by atoms with Gasteiger partial charge in [0, 0.05) is 12.6 Å². The SMILES string of the molecule is CC(C)(C)OC(=O)N=CC(=O)CCC(F)C=NCc1ccccc1. The molecular formula is C18H23FN2O3. The van der Waals surface area contributed by atoms with Gasteiger partial charge in [-0.05, 0) is 32.8 Å². The largest absolute Gasteiger partial charge is 0.442 e. The summed E-state index contributed by atoms with van der Waals surface area (Å²) >= 11 is 0. The number of benzene rings is 1. The van der Waals surface area contributed by atoms with E-state index in [9.17, 15) is 14.0 Å². The van der Waals surface area contributed by atoms with Crippen molar-refractivity contribution in [3.05, 3.63) is 35.9 Å². The fourth-order valence-electron chi connectivity index (χ4n) is 1.69. The van der Waals surface area contributed by atoms with Crippen LogP contribution in [0.5, 0.6) is 0 Å². The van der Waals surface area contributed by atoms with Crippen LogP contribution in [0.2, 0.25) is 0 Å². The number of aliphatic imine (C=N–C) groups is 2. The minimum absolute atomic E-state index is 0.00252. The molecule has 1 atom stereocenters. The van der Waals surface area contributed by atoms with Gasteiger partial charge in [-0.1, -0.05) is 30.3 Å². The topological polar surface area (TPSA) is 68.1 Å². The maximum Gasteiger partial charge on any atom is 0.434 e. The van der Waals surface area contributed by atoms with Gasteiger partial charge in [0.25, 0.3) is 0 Å². The average molecular weight is 334 g/mol. The first-order chi connectivity index (χ1) is 11.3. The zero-order valence-corrected chi connectivity index (χ0v) is 14.2. The molecule has 130 valence electrons. The van der Waals surface area contributed by atoms with Crippen LogP contribution in [0.1, 0.15) is 39.2 Å². The summed E-state index contributed by atoms with van der Waals surface area (Å²) in [6.45, 7) is 5.50. The number of hydrogen-bond acceptors (Lipinski definition) is 4. The molecule has 1 unspecified atom stereocenters. The van der Waals surface area contributed by atoms with Gasteiger partial charge in [0.15, 0.2) is 5.78 Å². The number of carbonyl (C=O) groups is 2. The van der Waals surface area contributed by atoms with Crippen LogP contribution in [-0.2, 0) is 16.1 Å². The van der Waals surface area contributed by atoms with Crippen molar-refractivity contribution in [3.63, 3.8) is 0 Å². The van der Waals surface area contributed by atoms with Gasteiger partial charge in [-0.2, -0.15) is 4.99 Å². The summed E-state index contributed by atoms with van der Waals surface area (Å²) in [5.41, 5.74) is 0.318. The van der Waals surface area contributed by atoms with Crippen LogP contribution in [0.3, 0.4) is 0 Å². The Labute approximate surface area is 141 Å². The fraction of sp³-hybridized carbons (Fsp3) is 0.444. The lowest BCUT2D eigenvalue weighted by Crippen LogP contribution is -2.22. The third-order valence-electron chi connectivity index (χ3n) is 2.76. The number of alkyl halides is 1. The first-order valence-electron chi connectivity index (χ1n) is 7.74. The summed E-state index contributed by atoms with van der Waals surface area (Å²) in [6, 6.07) is 9.49. The zero-order chi connectivity index (χ0) is 18.0. The number of amides is 1. The molecule has 1 aromatic carbocycles. The van der Waals surface area contributed by atoms with Crippen LogP contribution in [0.25, 0.3) is 0 Å². The fourth-order valence-corrected chi connectivity index (χ4v) is 1.69. The molecule has 0 heterocycles. The van der Waals surface area contributed by atoms with Crippen LogP contribution in [-0.4, -0.2) is 36.1 Å². The van der Waals surface area contributed by atoms with Gasteiger partial charge in [-0.25, -0.2) is 9.18 Å². The molecule has 0 aliphatic rings. The van der Waals surface area contributed by atoms with Crippen molar-refractivity contribution >= 4 is 24.3 Å². The summed E-state index contributed by atoms with van der Waals surface area (Å²) in [4.78, 5) is 30.3. The molecule has 6 heteroatoms. The number of carbonyl (C=O) groups excluding carboxylic acids is 2. The molecule has 0 saturated carbocycles. The van der Waals surface area contributed by atoms with E-state index < -0.39 is 23.6 Å². The van der Waals surface area contributed by atoms with Crippen molar-refractivity contribution < 1.29 is 18.7 Å². The van der Waals surface area contributed by atoms with E-state index in [1.165, 1.54) is 6.21 Å². The quantitative estimate of drug-likeness (QED) is 0.709. The van der Waals surface area contributed by atoms with Gasteiger partial charge in [-0.15, -0.1) is 0 Å². The Balaban J connectivity index is 2.29. The predicted molar refractivity (Wildman–Crippen MR) is 92.5 cm³/mol. The second-order valence-corrected chi connectivity index (χ2v) is 6.23. The highest BCUT2D eigenvalue weighted by Crippen LogP contribution is 2.08. The van der Waals surface area contributed by atoms with Crippen molar-refractivity contribution in [2.24, 2.45) is 9.98 Å². The van der Waals surface area contributed by atoms with E-state index in [4.69, 9.17) is 4.74 Å². The van der Waals surface area contributed by atoms with Gasteiger partial charge in [0.1, 0.15) is 11.8 Å². The number of hydrogen-bond donors (Lipinski definition) is 0. The van der Waals surface area contributed by atoms with E-state index in [1.807, 2.05) is 30.3 Å². The van der Waals surface area contributed by atoms with E-state index in [0.29, 0.717) is 6.54 Å². The van der Waals surface area contributed by atoms with Crippen LogP contribution in [0, 0.1) is 0 Å². The highest BCUT2D eigenvalue weighted by atomic mass is 19.1. The van der Waals surface area contributed by atoms with Gasteiger partial charge in [-0.3, -0.25) is 9.79 Å². The maximum atomic E-state index is 13.6. The lowest BCUT2D eigenvalue weighted by molar-refractivity contribution is -0.112. The van der Waals surface area contributed by atoms with E-state index >= 15 is 0 Å². The molecule has 1 aromatic rings. The third-order valence-corrected chi connectivity index (χ3v) is 2.76. The highest BCUT2D eigenvalue weighted by Gasteiger charge is 2.15. The number of Topliss-reactive ketones (excluding diaryl/α,β-unsaturated/α-hetero) is 1. The average Bonchev–Trinajstić information content (AvgIpc) is 2.50. The predicted octanol–water partition coefficient (Wildman–Crippen LogP) is 3.95. The zero-order valence-electron chi connectivity index (χ0n) is 14.2. The Morgan fingerprint density at radius 2 is 1.92 bits per heavy atom. The molecule has 0 spiro atoms. The highest BCUT2D eigenvalue weighted by molar-refractivity contribution is 6.28. The van der Waals surface area contributed by atoms with E-state index in [0.717, 1.165) is 11.8 Å². The molecule has 0 aliphatic heterocycles. The van der Waals surface area contributed by atoms with Crippen molar-refractivity contribution in [2.75, 3.05) is 0 Å². The molecule has 0 aliphatic carbocycles. The molecule has 0 aromatic heterocycles. The summed E-state index contributed by atoms with van der Waals surface area (Å²) in [7, 11) is 0. The first kappa shape index (κ1) is 19.7. The van der Waals surface area contributed by atoms with Crippen LogP contribution in [0.4, 0.5) is 9.18 Å². The molecule has 0 fully saturated rings. The molecule has 0 saturated heterocycles. The number of halogens is 1. The van der Waals surface area contributed by atoms with Crippen LogP contribution >= 0.6 is 0 Å². The molecular weight excluding hydrogens is 311 g/mol. The summed E-state index contributed by atoms with van der Waals surface area (Å²) in [6.07, 6.45) is -0.125. The standard InChI is InChI=1S/C18H23FN2O3/c1-18(2,3)24-17(23)21-13-16(22)10-9-15(19)12-20-11-14-7-5-4-6-8-14/h4-8,12-13,15H,9-11H2,1-3H3. The molecule has 0 radical (unpaired) electrons. The number of ketones is 1. The van der Waals surface area contributed by atoms with Gasteiger partial charge in [0.05, 0.1) is 12.8 Å². The first-order valence-corrected chi connectivity index (χ1v) is 7.74.